The fourth-order valence-electron chi connectivity index (χ4n) is 3.70. The molecule has 1 aliphatic heterocycles. The zero-order valence-electron chi connectivity index (χ0n) is 16.0. The number of carbonyl (C=O) groups is 1. The first-order chi connectivity index (χ1) is 13.3. The van der Waals surface area contributed by atoms with Crippen LogP contribution in [0.1, 0.15) is 27.6 Å². The van der Waals surface area contributed by atoms with Crippen molar-refractivity contribution in [2.24, 2.45) is 7.05 Å². The number of aryl methyl sites for hydroxylation is 1. The second-order valence-electron chi connectivity index (χ2n) is 7.24. The van der Waals surface area contributed by atoms with E-state index in [1.165, 1.54) is 32.7 Å². The number of carbonyl (C=O) groups excluding carboxylic acids is 1. The first kappa shape index (κ1) is 19.1. The van der Waals surface area contributed by atoms with E-state index in [9.17, 15) is 13.2 Å². The number of amides is 1. The Bertz CT molecular complexity index is 1150. The second-order valence-corrected chi connectivity index (χ2v) is 10.2. The Balaban J connectivity index is 1.72. The number of nitrogens with zero attached hydrogens (tertiary/aromatic N) is 4. The van der Waals surface area contributed by atoms with Crippen LogP contribution in [-0.2, 0) is 17.1 Å². The zero-order chi connectivity index (χ0) is 20.1. The lowest BCUT2D eigenvalue weighted by Gasteiger charge is -2.17. The molecule has 9 heteroatoms. The van der Waals surface area contributed by atoms with Crippen LogP contribution in [0.4, 0.5) is 0 Å². The van der Waals surface area contributed by atoms with Crippen molar-refractivity contribution in [2.45, 2.75) is 17.2 Å². The Morgan fingerprint density at radius 2 is 2.04 bits per heavy atom. The maximum atomic E-state index is 13.0. The first-order valence-electron chi connectivity index (χ1n) is 9.01. The second kappa shape index (κ2) is 6.98. The number of thiophene rings is 1. The van der Waals surface area contributed by atoms with E-state index in [0.29, 0.717) is 24.4 Å². The van der Waals surface area contributed by atoms with Gasteiger partial charge >= 0.3 is 0 Å². The van der Waals surface area contributed by atoms with Gasteiger partial charge in [-0.05, 0) is 23.4 Å². The van der Waals surface area contributed by atoms with Crippen molar-refractivity contribution in [3.8, 4) is 0 Å². The monoisotopic (exact) mass is 418 g/mol. The van der Waals surface area contributed by atoms with Gasteiger partial charge in [0.2, 0.25) is 10.0 Å². The standard InChI is InChI=1S/C19H22N4O3S2/c1-21(2)19(24)18-17(15-6-4-5-7-16(15)27-18)13-8-9-23(11-13)28(25,26)14-10-20-22(3)12-14/h4-7,10,12-13H,8-9,11H2,1-3H3/t13-/m0/s1. The molecule has 1 amide bonds. The minimum Gasteiger partial charge on any atom is -0.344 e. The summed E-state index contributed by atoms with van der Waals surface area (Å²) in [5.41, 5.74) is 0.975. The summed E-state index contributed by atoms with van der Waals surface area (Å²) in [7, 11) is 1.59. The van der Waals surface area contributed by atoms with Crippen molar-refractivity contribution in [2.75, 3.05) is 27.2 Å². The lowest BCUT2D eigenvalue weighted by atomic mass is 9.95. The number of sulfonamides is 1. The molecule has 7 nitrogen and oxygen atoms in total. The van der Waals surface area contributed by atoms with Crippen LogP contribution in [0, 0.1) is 0 Å². The molecule has 1 aliphatic rings. The number of rotatable bonds is 4. The molecule has 0 unspecified atom stereocenters. The van der Waals surface area contributed by atoms with E-state index in [1.54, 1.807) is 26.0 Å². The molecule has 4 rings (SSSR count). The van der Waals surface area contributed by atoms with Crippen molar-refractivity contribution in [3.63, 3.8) is 0 Å². The van der Waals surface area contributed by atoms with Crippen molar-refractivity contribution >= 4 is 37.4 Å². The van der Waals surface area contributed by atoms with E-state index in [-0.39, 0.29) is 16.7 Å². The summed E-state index contributed by atoms with van der Waals surface area (Å²) in [6.07, 6.45) is 3.58. The number of aromatic nitrogens is 2. The number of hydrogen-bond donors (Lipinski definition) is 0. The van der Waals surface area contributed by atoms with E-state index in [1.807, 2.05) is 24.3 Å². The Hall–Kier alpha value is -2.23. The number of hydrogen-bond acceptors (Lipinski definition) is 5. The van der Waals surface area contributed by atoms with Crippen molar-refractivity contribution in [1.29, 1.82) is 0 Å². The third-order valence-corrected chi connectivity index (χ3v) is 8.11. The van der Waals surface area contributed by atoms with Crippen LogP contribution < -0.4 is 0 Å². The van der Waals surface area contributed by atoms with Gasteiger partial charge in [0.15, 0.2) is 0 Å². The summed E-state index contributed by atoms with van der Waals surface area (Å²) in [6.45, 7) is 0.799. The highest BCUT2D eigenvalue weighted by Crippen LogP contribution is 2.41. The fourth-order valence-corrected chi connectivity index (χ4v) is 6.49. The van der Waals surface area contributed by atoms with Gasteiger partial charge in [-0.1, -0.05) is 18.2 Å². The number of benzene rings is 1. The average molecular weight is 419 g/mol. The molecule has 1 fully saturated rings. The van der Waals surface area contributed by atoms with Gasteiger partial charge in [0.05, 0.1) is 11.1 Å². The normalized spacial score (nSPS) is 18.0. The summed E-state index contributed by atoms with van der Waals surface area (Å²) in [5.74, 6) is -0.0498. The first-order valence-corrected chi connectivity index (χ1v) is 11.3. The van der Waals surface area contributed by atoms with E-state index in [0.717, 1.165) is 15.6 Å². The molecule has 148 valence electrons. The molecule has 1 saturated heterocycles. The maximum absolute atomic E-state index is 13.0. The molecular weight excluding hydrogens is 396 g/mol. The van der Waals surface area contributed by atoms with Gasteiger partial charge in [-0.2, -0.15) is 9.40 Å². The van der Waals surface area contributed by atoms with E-state index < -0.39 is 10.0 Å². The van der Waals surface area contributed by atoms with E-state index in [2.05, 4.69) is 5.10 Å². The van der Waals surface area contributed by atoms with Crippen LogP contribution in [0.3, 0.4) is 0 Å². The molecular formula is C19H22N4O3S2. The molecule has 1 atom stereocenters. The molecule has 3 heterocycles. The number of fused-ring (bicyclic) bond motifs is 1. The highest BCUT2D eigenvalue weighted by atomic mass is 32.2. The third kappa shape index (κ3) is 3.13. The van der Waals surface area contributed by atoms with E-state index in [4.69, 9.17) is 0 Å². The molecule has 0 aliphatic carbocycles. The predicted octanol–water partition coefficient (Wildman–Crippen LogP) is 2.51. The molecule has 0 bridgehead atoms. The highest BCUT2D eigenvalue weighted by Gasteiger charge is 2.37. The molecule has 0 radical (unpaired) electrons. The van der Waals surface area contributed by atoms with Gasteiger partial charge in [-0.3, -0.25) is 9.48 Å². The van der Waals surface area contributed by atoms with Crippen molar-refractivity contribution in [1.82, 2.24) is 19.0 Å². The lowest BCUT2D eigenvalue weighted by molar-refractivity contribution is 0.0831. The Morgan fingerprint density at radius 3 is 2.71 bits per heavy atom. The molecule has 0 saturated carbocycles. The zero-order valence-corrected chi connectivity index (χ0v) is 17.6. The summed E-state index contributed by atoms with van der Waals surface area (Å²) >= 11 is 1.48. The minimum absolute atomic E-state index is 0.0125. The van der Waals surface area contributed by atoms with Crippen LogP contribution >= 0.6 is 11.3 Å². The minimum atomic E-state index is -3.59. The van der Waals surface area contributed by atoms with Crippen molar-refractivity contribution in [3.05, 3.63) is 47.1 Å². The van der Waals surface area contributed by atoms with Gasteiger partial charge in [-0.25, -0.2) is 8.42 Å². The SMILES string of the molecule is CN(C)C(=O)c1sc2ccccc2c1[C@H]1CCN(S(=O)(=O)c2cnn(C)c2)C1. The molecule has 1 aromatic carbocycles. The van der Waals surface area contributed by atoms with Crippen LogP contribution in [0.25, 0.3) is 10.1 Å². The average Bonchev–Trinajstić information content (AvgIpc) is 3.38. The molecule has 0 spiro atoms. The molecule has 3 aromatic rings. The Morgan fingerprint density at radius 1 is 1.29 bits per heavy atom. The molecule has 28 heavy (non-hydrogen) atoms. The van der Waals surface area contributed by atoms with Crippen LogP contribution in [0.2, 0.25) is 0 Å². The van der Waals surface area contributed by atoms with Crippen LogP contribution in [0.15, 0.2) is 41.6 Å². The fraction of sp³-hybridized carbons (Fsp3) is 0.368. The van der Waals surface area contributed by atoms with Gasteiger partial charge in [0.1, 0.15) is 4.90 Å². The third-order valence-electron chi connectivity index (χ3n) is 5.11. The van der Waals surface area contributed by atoms with Gasteiger partial charge < -0.3 is 4.90 Å². The summed E-state index contributed by atoms with van der Waals surface area (Å²) < 4.78 is 30.0. The van der Waals surface area contributed by atoms with Crippen LogP contribution in [0.5, 0.6) is 0 Å². The molecule has 0 N–H and O–H groups in total. The smallest absolute Gasteiger partial charge is 0.263 e. The van der Waals surface area contributed by atoms with Gasteiger partial charge in [-0.15, -0.1) is 11.3 Å². The van der Waals surface area contributed by atoms with Gasteiger partial charge in [0, 0.05) is 51.0 Å². The summed E-state index contributed by atoms with van der Waals surface area (Å²) in [4.78, 5) is 15.3. The summed E-state index contributed by atoms with van der Waals surface area (Å²) in [5, 5.41) is 5.03. The quantitative estimate of drug-likeness (QED) is 0.652. The van der Waals surface area contributed by atoms with Gasteiger partial charge in [0.25, 0.3) is 5.91 Å². The van der Waals surface area contributed by atoms with Crippen molar-refractivity contribution < 1.29 is 13.2 Å². The highest BCUT2D eigenvalue weighted by molar-refractivity contribution is 7.89. The summed E-state index contributed by atoms with van der Waals surface area (Å²) in [6, 6.07) is 7.95. The maximum Gasteiger partial charge on any atom is 0.263 e. The Labute approximate surface area is 168 Å². The van der Waals surface area contributed by atoms with Crippen LogP contribution in [-0.4, -0.2) is 60.5 Å². The lowest BCUT2D eigenvalue weighted by Crippen LogP contribution is -2.28. The topological polar surface area (TPSA) is 75.5 Å². The Kier molecular flexibility index (Phi) is 4.76. The van der Waals surface area contributed by atoms with E-state index >= 15 is 0 Å². The largest absolute Gasteiger partial charge is 0.344 e. The predicted molar refractivity (Wildman–Crippen MR) is 109 cm³/mol. The molecule has 2 aromatic heterocycles.